The van der Waals surface area contributed by atoms with Gasteiger partial charge < -0.3 is 15.4 Å². The van der Waals surface area contributed by atoms with Crippen LogP contribution in [-0.2, 0) is 9.59 Å². The smallest absolute Gasteiger partial charge is 0.248 e. The number of halogens is 1. The molecule has 2 N–H and O–H groups in total. The third kappa shape index (κ3) is 4.95. The zero-order valence-electron chi connectivity index (χ0n) is 13.3. The van der Waals surface area contributed by atoms with Crippen molar-refractivity contribution in [2.24, 2.45) is 0 Å². The second-order valence-electron chi connectivity index (χ2n) is 4.97. The first-order valence-corrected chi connectivity index (χ1v) is 7.18. The molecule has 24 heavy (non-hydrogen) atoms. The van der Waals surface area contributed by atoms with E-state index in [2.05, 4.69) is 10.6 Å². The molecule has 2 aromatic carbocycles. The van der Waals surface area contributed by atoms with Crippen LogP contribution in [0.4, 0.5) is 15.8 Å². The van der Waals surface area contributed by atoms with Crippen molar-refractivity contribution in [2.45, 2.75) is 6.92 Å². The number of hydrogen-bond donors (Lipinski definition) is 2. The normalized spacial score (nSPS) is 10.5. The van der Waals surface area contributed by atoms with Crippen LogP contribution in [0.15, 0.2) is 48.5 Å². The molecule has 0 aliphatic carbocycles. The van der Waals surface area contributed by atoms with E-state index in [1.54, 1.807) is 30.3 Å². The van der Waals surface area contributed by atoms with Crippen LogP contribution in [0.3, 0.4) is 0 Å². The van der Waals surface area contributed by atoms with Crippen molar-refractivity contribution in [3.8, 4) is 5.75 Å². The SMILES string of the molecule is COc1ccc(NC(C)=O)cc1NC(=O)/C=C/c1cccc(F)c1. The highest BCUT2D eigenvalue weighted by Crippen LogP contribution is 2.27. The number of carbonyl (C=O) groups excluding carboxylic acids is 2. The fourth-order valence-electron chi connectivity index (χ4n) is 2.04. The van der Waals surface area contributed by atoms with Crippen molar-refractivity contribution in [1.29, 1.82) is 0 Å². The van der Waals surface area contributed by atoms with Gasteiger partial charge in [-0.15, -0.1) is 0 Å². The van der Waals surface area contributed by atoms with E-state index in [-0.39, 0.29) is 11.7 Å². The van der Waals surface area contributed by atoms with E-state index < -0.39 is 5.91 Å². The van der Waals surface area contributed by atoms with Gasteiger partial charge in [-0.05, 0) is 42.0 Å². The molecule has 2 rings (SSSR count). The van der Waals surface area contributed by atoms with Crippen molar-refractivity contribution < 1.29 is 18.7 Å². The Kier molecular flexibility index (Phi) is 5.68. The monoisotopic (exact) mass is 328 g/mol. The van der Waals surface area contributed by atoms with Gasteiger partial charge in [-0.1, -0.05) is 12.1 Å². The maximum absolute atomic E-state index is 13.1. The number of methoxy groups -OCH3 is 1. The Morgan fingerprint density at radius 3 is 2.58 bits per heavy atom. The number of ether oxygens (including phenoxy) is 1. The Morgan fingerprint density at radius 2 is 1.92 bits per heavy atom. The Balaban J connectivity index is 2.13. The standard InChI is InChI=1S/C18H17FN2O3/c1-12(22)20-15-7-8-17(24-2)16(11-15)21-18(23)9-6-13-4-3-5-14(19)10-13/h3-11H,1-2H3,(H,20,22)(H,21,23)/b9-6+. The molecule has 0 atom stereocenters. The molecule has 0 fully saturated rings. The molecular formula is C18H17FN2O3. The molecular weight excluding hydrogens is 311 g/mol. The average Bonchev–Trinajstić information content (AvgIpc) is 2.53. The summed E-state index contributed by atoms with van der Waals surface area (Å²) < 4.78 is 18.3. The molecule has 0 aromatic heterocycles. The molecule has 124 valence electrons. The molecule has 0 aliphatic rings. The summed E-state index contributed by atoms with van der Waals surface area (Å²) in [5.74, 6) is -0.542. The number of rotatable bonds is 5. The molecule has 5 nitrogen and oxygen atoms in total. The summed E-state index contributed by atoms with van der Waals surface area (Å²) in [7, 11) is 1.48. The maximum atomic E-state index is 13.1. The van der Waals surface area contributed by atoms with Crippen LogP contribution in [0.25, 0.3) is 6.08 Å². The van der Waals surface area contributed by atoms with Crippen LogP contribution < -0.4 is 15.4 Å². The summed E-state index contributed by atoms with van der Waals surface area (Å²) in [4.78, 5) is 23.2. The van der Waals surface area contributed by atoms with E-state index in [0.29, 0.717) is 22.7 Å². The first kappa shape index (κ1) is 17.2. The van der Waals surface area contributed by atoms with Gasteiger partial charge in [-0.3, -0.25) is 9.59 Å². The molecule has 0 unspecified atom stereocenters. The van der Waals surface area contributed by atoms with Crippen molar-refractivity contribution in [1.82, 2.24) is 0 Å². The van der Waals surface area contributed by atoms with Gasteiger partial charge in [0.15, 0.2) is 0 Å². The van der Waals surface area contributed by atoms with E-state index in [1.807, 2.05) is 0 Å². The summed E-state index contributed by atoms with van der Waals surface area (Å²) in [5, 5.41) is 5.29. The summed E-state index contributed by atoms with van der Waals surface area (Å²) >= 11 is 0. The second kappa shape index (κ2) is 7.92. The highest BCUT2D eigenvalue weighted by atomic mass is 19.1. The Labute approximate surface area is 139 Å². The summed E-state index contributed by atoms with van der Waals surface area (Å²) in [6.45, 7) is 1.39. The van der Waals surface area contributed by atoms with Crippen molar-refractivity contribution in [3.63, 3.8) is 0 Å². The largest absolute Gasteiger partial charge is 0.495 e. The molecule has 0 heterocycles. The molecule has 0 spiro atoms. The first-order valence-electron chi connectivity index (χ1n) is 7.18. The van der Waals surface area contributed by atoms with Gasteiger partial charge >= 0.3 is 0 Å². The number of anilines is 2. The molecule has 0 aliphatic heterocycles. The Bertz CT molecular complexity index is 788. The van der Waals surface area contributed by atoms with Crippen molar-refractivity contribution in [3.05, 3.63) is 59.9 Å². The predicted molar refractivity (Wildman–Crippen MR) is 91.4 cm³/mol. The number of benzene rings is 2. The van der Waals surface area contributed by atoms with Gasteiger partial charge in [-0.2, -0.15) is 0 Å². The lowest BCUT2D eigenvalue weighted by atomic mass is 10.2. The highest BCUT2D eigenvalue weighted by Gasteiger charge is 2.07. The van der Waals surface area contributed by atoms with Gasteiger partial charge in [-0.25, -0.2) is 4.39 Å². The second-order valence-corrected chi connectivity index (χ2v) is 4.97. The quantitative estimate of drug-likeness (QED) is 0.826. The number of hydrogen-bond acceptors (Lipinski definition) is 3. The number of amides is 2. The third-order valence-electron chi connectivity index (χ3n) is 3.05. The molecule has 0 bridgehead atoms. The minimum Gasteiger partial charge on any atom is -0.495 e. The Hall–Kier alpha value is -3.15. The lowest BCUT2D eigenvalue weighted by molar-refractivity contribution is -0.114. The van der Waals surface area contributed by atoms with Crippen molar-refractivity contribution >= 4 is 29.3 Å². The lowest BCUT2D eigenvalue weighted by Gasteiger charge is -2.11. The molecule has 0 saturated carbocycles. The van der Waals surface area contributed by atoms with E-state index in [9.17, 15) is 14.0 Å². The minimum atomic E-state index is -0.405. The fraction of sp³-hybridized carbons (Fsp3) is 0.111. The van der Waals surface area contributed by atoms with Crippen LogP contribution in [0, 0.1) is 5.82 Å². The Morgan fingerprint density at radius 1 is 1.12 bits per heavy atom. The van der Waals surface area contributed by atoms with Crippen LogP contribution in [0.5, 0.6) is 5.75 Å². The molecule has 0 radical (unpaired) electrons. The van der Waals surface area contributed by atoms with E-state index in [0.717, 1.165) is 0 Å². The average molecular weight is 328 g/mol. The first-order chi connectivity index (χ1) is 11.5. The molecule has 6 heteroatoms. The van der Waals surface area contributed by atoms with Crippen LogP contribution >= 0.6 is 0 Å². The zero-order chi connectivity index (χ0) is 17.5. The number of nitrogens with one attached hydrogen (secondary N) is 2. The summed E-state index contributed by atoms with van der Waals surface area (Å²) in [6, 6.07) is 10.8. The molecule has 0 saturated heterocycles. The van der Waals surface area contributed by atoms with E-state index in [4.69, 9.17) is 4.74 Å². The van der Waals surface area contributed by atoms with Gasteiger partial charge in [0, 0.05) is 18.7 Å². The van der Waals surface area contributed by atoms with Gasteiger partial charge in [0.2, 0.25) is 11.8 Å². The summed E-state index contributed by atoms with van der Waals surface area (Å²) in [5.41, 5.74) is 1.52. The van der Waals surface area contributed by atoms with Crippen LogP contribution in [0.1, 0.15) is 12.5 Å². The third-order valence-corrected chi connectivity index (χ3v) is 3.05. The fourth-order valence-corrected chi connectivity index (χ4v) is 2.04. The number of carbonyl (C=O) groups is 2. The van der Waals surface area contributed by atoms with Gasteiger partial charge in [0.1, 0.15) is 11.6 Å². The molecule has 2 aromatic rings. The van der Waals surface area contributed by atoms with Crippen molar-refractivity contribution in [2.75, 3.05) is 17.7 Å². The predicted octanol–water partition coefficient (Wildman–Crippen LogP) is 3.44. The van der Waals surface area contributed by atoms with E-state index >= 15 is 0 Å². The van der Waals surface area contributed by atoms with Gasteiger partial charge in [0.05, 0.1) is 12.8 Å². The highest BCUT2D eigenvalue weighted by molar-refractivity contribution is 6.03. The summed E-state index contributed by atoms with van der Waals surface area (Å²) in [6.07, 6.45) is 2.79. The maximum Gasteiger partial charge on any atom is 0.248 e. The van der Waals surface area contributed by atoms with Crippen LogP contribution in [0.2, 0.25) is 0 Å². The zero-order valence-corrected chi connectivity index (χ0v) is 13.3. The lowest BCUT2D eigenvalue weighted by Crippen LogP contribution is -2.10. The topological polar surface area (TPSA) is 67.4 Å². The van der Waals surface area contributed by atoms with Crippen LogP contribution in [-0.4, -0.2) is 18.9 Å². The molecule has 2 amide bonds. The van der Waals surface area contributed by atoms with Gasteiger partial charge in [0.25, 0.3) is 0 Å². The van der Waals surface area contributed by atoms with E-state index in [1.165, 1.54) is 38.3 Å². The minimum absolute atomic E-state index is 0.219.